The molecule has 4 aromatic rings. The van der Waals surface area contributed by atoms with Crippen molar-refractivity contribution in [2.75, 3.05) is 6.61 Å². The molecule has 0 amide bonds. The zero-order valence-electron chi connectivity index (χ0n) is 17.6. The molecule has 8 nitrogen and oxygen atoms in total. The van der Waals surface area contributed by atoms with Gasteiger partial charge in [0.25, 0.3) is 9.67 Å². The second-order valence-electron chi connectivity index (χ2n) is 7.07. The molecule has 2 atom stereocenters. The largest absolute Gasteiger partial charge is 0.481 e. The quantitative estimate of drug-likeness (QED) is 0.193. The average Bonchev–Trinajstić information content (AvgIpc) is 3.32. The van der Waals surface area contributed by atoms with Crippen LogP contribution in [0.2, 0.25) is 0 Å². The topological polar surface area (TPSA) is 121 Å². The highest BCUT2D eigenvalue weighted by molar-refractivity contribution is 7.71. The minimum Gasteiger partial charge on any atom is -0.481 e. The predicted octanol–water partition coefficient (Wildman–Crippen LogP) is 7.11. The number of aliphatic carboxylic acids is 1. The molecule has 4 rings (SSSR count). The maximum absolute atomic E-state index is 11.6. The Kier molecular flexibility index (Phi) is 10.4. The van der Waals surface area contributed by atoms with Crippen LogP contribution in [0.25, 0.3) is 22.2 Å². The fraction of sp³-hybridized carbons (Fsp3) is 0.333. The van der Waals surface area contributed by atoms with E-state index < -0.39 is 11.9 Å². The molecule has 0 aliphatic rings. The van der Waals surface area contributed by atoms with Gasteiger partial charge < -0.3 is 28.6 Å². The van der Waals surface area contributed by atoms with E-state index in [0.29, 0.717) is 27.4 Å². The summed E-state index contributed by atoms with van der Waals surface area (Å²) in [6, 6.07) is 10.7. The van der Waals surface area contributed by atoms with Crippen LogP contribution in [0, 0.1) is 9.67 Å². The van der Waals surface area contributed by atoms with E-state index in [9.17, 15) is 9.59 Å². The molecule has 3 N–H and O–H groups in total. The highest BCUT2D eigenvalue weighted by atomic mass is 32.1. The Morgan fingerprint density at radius 1 is 0.912 bits per heavy atom. The van der Waals surface area contributed by atoms with Gasteiger partial charge in [0.15, 0.2) is 11.2 Å². The van der Waals surface area contributed by atoms with Crippen molar-refractivity contribution >= 4 is 58.6 Å². The van der Waals surface area contributed by atoms with Gasteiger partial charge in [-0.3, -0.25) is 9.59 Å². The molecule has 0 saturated carbocycles. The number of carbonyl (C=O) groups excluding carboxylic acids is 1. The fourth-order valence-electron chi connectivity index (χ4n) is 3.02. The maximum Gasteiger partial charge on any atom is 0.313 e. The van der Waals surface area contributed by atoms with Crippen molar-refractivity contribution in [1.82, 2.24) is 9.97 Å². The standard InChI is InChI=1S/C12H13NO3S.C10H9NO3S.2CH4/c1-3-15-11(14)7(2)8-4-5-10-9(6-8)13-12(17)16-10;1-5(9(12)13)6-2-3-8-7(4-6)11-10(15)14-8;;/h4-7H,3H2,1-2H3,(H,13,17);2-5H,1H3,(H,11,15)(H,12,13);2*1H4. The van der Waals surface area contributed by atoms with Gasteiger partial charge in [0.2, 0.25) is 0 Å². The molecule has 0 aliphatic heterocycles. The average molecular weight is 507 g/mol. The maximum atomic E-state index is 11.6. The van der Waals surface area contributed by atoms with Crippen LogP contribution in [-0.2, 0) is 14.3 Å². The second-order valence-corrected chi connectivity index (χ2v) is 7.82. The van der Waals surface area contributed by atoms with Crippen molar-refractivity contribution in [1.29, 1.82) is 0 Å². The number of nitrogens with one attached hydrogen (secondary N) is 2. The number of hydrogen-bond acceptors (Lipinski definition) is 7. The molecule has 2 heterocycles. The summed E-state index contributed by atoms with van der Waals surface area (Å²) in [5.74, 6) is -1.91. The first-order valence-corrected chi connectivity index (χ1v) is 10.7. The van der Waals surface area contributed by atoms with Gasteiger partial charge >= 0.3 is 11.9 Å². The van der Waals surface area contributed by atoms with E-state index in [1.807, 2.05) is 19.1 Å². The van der Waals surface area contributed by atoms with E-state index in [-0.39, 0.29) is 26.7 Å². The number of hydrogen-bond donors (Lipinski definition) is 3. The van der Waals surface area contributed by atoms with Crippen LogP contribution in [0.15, 0.2) is 45.2 Å². The fourth-order valence-corrected chi connectivity index (χ4v) is 3.42. The molecular formula is C24H30N2O6S2. The Hall–Kier alpha value is -3.24. The molecule has 0 radical (unpaired) electrons. The first-order chi connectivity index (χ1) is 15.2. The number of benzene rings is 2. The molecule has 184 valence electrons. The Labute approximate surface area is 207 Å². The highest BCUT2D eigenvalue weighted by Gasteiger charge is 2.17. The van der Waals surface area contributed by atoms with Gasteiger partial charge in [0.1, 0.15) is 0 Å². The lowest BCUT2D eigenvalue weighted by atomic mass is 10.0. The van der Waals surface area contributed by atoms with Crippen LogP contribution < -0.4 is 0 Å². The summed E-state index contributed by atoms with van der Waals surface area (Å²) in [6.45, 7) is 5.63. The van der Waals surface area contributed by atoms with Crippen LogP contribution in [0.3, 0.4) is 0 Å². The first kappa shape index (κ1) is 28.8. The normalized spacial score (nSPS) is 12.0. The molecule has 0 bridgehead atoms. The number of esters is 1. The molecule has 0 saturated heterocycles. The Morgan fingerprint density at radius 2 is 1.35 bits per heavy atom. The van der Waals surface area contributed by atoms with Crippen molar-refractivity contribution in [2.45, 2.75) is 47.5 Å². The van der Waals surface area contributed by atoms with Gasteiger partial charge in [-0.2, -0.15) is 0 Å². The van der Waals surface area contributed by atoms with E-state index in [0.717, 1.165) is 22.2 Å². The highest BCUT2D eigenvalue weighted by Crippen LogP contribution is 2.23. The summed E-state index contributed by atoms with van der Waals surface area (Å²) < 4.78 is 15.4. The summed E-state index contributed by atoms with van der Waals surface area (Å²) in [5.41, 5.74) is 4.45. The number of carboxylic acids is 1. The number of carboxylic acid groups (broad SMARTS) is 1. The van der Waals surface area contributed by atoms with Crippen molar-refractivity contribution < 1.29 is 28.3 Å². The number of fused-ring (bicyclic) bond motifs is 2. The van der Waals surface area contributed by atoms with E-state index in [1.165, 1.54) is 0 Å². The summed E-state index contributed by atoms with van der Waals surface area (Å²) in [6.07, 6.45) is 0. The van der Waals surface area contributed by atoms with Gasteiger partial charge in [-0.05, 0) is 80.6 Å². The summed E-state index contributed by atoms with van der Waals surface area (Å²) in [5, 5.41) is 8.86. The second kappa shape index (κ2) is 12.3. The smallest absolute Gasteiger partial charge is 0.313 e. The number of H-pyrrole nitrogens is 2. The SMILES string of the molecule is C.C.CC(C(=O)O)c1ccc2oc(=S)[nH]c2c1.CCOC(=O)C(C)c1ccc2oc(=S)[nH]c2c1. The van der Waals surface area contributed by atoms with Gasteiger partial charge in [-0.15, -0.1) is 0 Å². The number of oxazole rings is 2. The van der Waals surface area contributed by atoms with Crippen molar-refractivity contribution in [2.24, 2.45) is 0 Å². The third-order valence-corrected chi connectivity index (χ3v) is 5.27. The Morgan fingerprint density at radius 3 is 1.76 bits per heavy atom. The van der Waals surface area contributed by atoms with E-state index in [1.54, 1.807) is 38.1 Å². The third-order valence-electron chi connectivity index (χ3n) is 4.90. The van der Waals surface area contributed by atoms with Crippen molar-refractivity contribution in [3.05, 3.63) is 57.2 Å². The lowest BCUT2D eigenvalue weighted by molar-refractivity contribution is -0.144. The van der Waals surface area contributed by atoms with Gasteiger partial charge in [-0.25, -0.2) is 0 Å². The molecular weight excluding hydrogens is 476 g/mol. The zero-order valence-corrected chi connectivity index (χ0v) is 19.3. The molecule has 2 aromatic heterocycles. The minimum absolute atomic E-state index is 0. The molecule has 10 heteroatoms. The van der Waals surface area contributed by atoms with Gasteiger partial charge in [-0.1, -0.05) is 27.0 Å². The Bertz CT molecular complexity index is 1380. The first-order valence-electron chi connectivity index (χ1n) is 9.84. The van der Waals surface area contributed by atoms with E-state index in [2.05, 4.69) is 9.97 Å². The summed E-state index contributed by atoms with van der Waals surface area (Å²) >= 11 is 9.74. The minimum atomic E-state index is -0.851. The van der Waals surface area contributed by atoms with Crippen LogP contribution in [-0.4, -0.2) is 33.6 Å². The van der Waals surface area contributed by atoms with Crippen LogP contribution >= 0.6 is 24.4 Å². The van der Waals surface area contributed by atoms with Crippen LogP contribution in [0.4, 0.5) is 0 Å². The summed E-state index contributed by atoms with van der Waals surface area (Å²) in [4.78, 5) is 28.8. The molecule has 2 aromatic carbocycles. The number of ether oxygens (including phenoxy) is 1. The molecule has 0 fully saturated rings. The molecule has 2 unspecified atom stereocenters. The van der Waals surface area contributed by atoms with Crippen molar-refractivity contribution in [3.8, 4) is 0 Å². The number of aromatic nitrogens is 2. The van der Waals surface area contributed by atoms with Crippen LogP contribution in [0.1, 0.15) is 58.6 Å². The van der Waals surface area contributed by atoms with Gasteiger partial charge in [0, 0.05) is 0 Å². The lowest BCUT2D eigenvalue weighted by Crippen LogP contribution is -2.12. The van der Waals surface area contributed by atoms with Crippen molar-refractivity contribution in [3.63, 3.8) is 0 Å². The molecule has 0 aliphatic carbocycles. The monoisotopic (exact) mass is 506 g/mol. The van der Waals surface area contributed by atoms with E-state index >= 15 is 0 Å². The predicted molar refractivity (Wildman–Crippen MR) is 137 cm³/mol. The summed E-state index contributed by atoms with van der Waals surface area (Å²) in [7, 11) is 0. The lowest BCUT2D eigenvalue weighted by Gasteiger charge is -2.10. The Balaban J connectivity index is 0.000000323. The number of aromatic amines is 2. The zero-order chi connectivity index (χ0) is 23.4. The number of rotatable bonds is 5. The van der Waals surface area contributed by atoms with Crippen LogP contribution in [0.5, 0.6) is 0 Å². The molecule has 0 spiro atoms. The molecule has 34 heavy (non-hydrogen) atoms. The number of carbonyl (C=O) groups is 2. The van der Waals surface area contributed by atoms with E-state index in [4.69, 9.17) is 43.1 Å². The third kappa shape index (κ3) is 6.64. The van der Waals surface area contributed by atoms with Gasteiger partial charge in [0.05, 0.1) is 29.5 Å².